The quantitative estimate of drug-likeness (QED) is 0.807. The topological polar surface area (TPSA) is 57.5 Å². The molecule has 0 bridgehead atoms. The zero-order valence-electron chi connectivity index (χ0n) is 11.0. The number of aromatic hydroxyl groups is 1. The molecule has 0 aromatic heterocycles. The highest BCUT2D eigenvalue weighted by atomic mass is 16.4. The van der Waals surface area contributed by atoms with Crippen LogP contribution in [0.3, 0.4) is 0 Å². The van der Waals surface area contributed by atoms with Crippen LogP contribution < -0.4 is 0 Å². The molecular formula is C15H16O3. The molecule has 0 atom stereocenters. The van der Waals surface area contributed by atoms with Crippen LogP contribution in [0.4, 0.5) is 0 Å². The predicted molar refractivity (Wildman–Crippen MR) is 71.5 cm³/mol. The van der Waals surface area contributed by atoms with Crippen LogP contribution in [0.25, 0.3) is 10.8 Å². The Balaban J connectivity index is 3.04. The number of aryl methyl sites for hydroxylation is 3. The number of fused-ring (bicyclic) bond motifs is 1. The summed E-state index contributed by atoms with van der Waals surface area (Å²) in [6.45, 7) is 7.43. The molecule has 0 radical (unpaired) electrons. The van der Waals surface area contributed by atoms with Crippen molar-refractivity contribution < 1.29 is 15.0 Å². The molecule has 0 heterocycles. The monoisotopic (exact) mass is 244 g/mol. The number of carbonyl (C=O) groups is 1. The van der Waals surface area contributed by atoms with Crippen molar-refractivity contribution in [1.82, 2.24) is 0 Å². The van der Waals surface area contributed by atoms with Crippen LogP contribution in [0, 0.1) is 27.7 Å². The molecule has 2 N–H and O–H groups in total. The summed E-state index contributed by atoms with van der Waals surface area (Å²) in [5.41, 5.74) is 3.68. The van der Waals surface area contributed by atoms with Crippen LogP contribution in [-0.4, -0.2) is 16.2 Å². The summed E-state index contributed by atoms with van der Waals surface area (Å²) in [5, 5.41) is 20.9. The van der Waals surface area contributed by atoms with Crippen molar-refractivity contribution in [1.29, 1.82) is 0 Å². The Labute approximate surface area is 106 Å². The molecule has 0 amide bonds. The molecule has 0 saturated heterocycles. The van der Waals surface area contributed by atoms with Gasteiger partial charge in [0.2, 0.25) is 0 Å². The molecule has 0 unspecified atom stereocenters. The lowest BCUT2D eigenvalue weighted by atomic mass is 9.90. The van der Waals surface area contributed by atoms with Gasteiger partial charge in [-0.05, 0) is 72.9 Å². The first kappa shape index (κ1) is 12.4. The first-order chi connectivity index (χ1) is 8.34. The Hall–Kier alpha value is -2.03. The van der Waals surface area contributed by atoms with E-state index in [1.165, 1.54) is 0 Å². The molecule has 0 aliphatic rings. The summed E-state index contributed by atoms with van der Waals surface area (Å²) in [6, 6.07) is 3.37. The highest BCUT2D eigenvalue weighted by Crippen LogP contribution is 2.34. The van der Waals surface area contributed by atoms with Crippen molar-refractivity contribution in [3.8, 4) is 5.75 Å². The van der Waals surface area contributed by atoms with Gasteiger partial charge in [-0.2, -0.15) is 0 Å². The molecule has 2 rings (SSSR count). The van der Waals surface area contributed by atoms with Gasteiger partial charge in [0.15, 0.2) is 0 Å². The van der Waals surface area contributed by atoms with Gasteiger partial charge < -0.3 is 10.2 Å². The Morgan fingerprint density at radius 2 is 1.61 bits per heavy atom. The van der Waals surface area contributed by atoms with E-state index in [0.29, 0.717) is 5.56 Å². The van der Waals surface area contributed by atoms with E-state index in [2.05, 4.69) is 0 Å². The number of rotatable bonds is 1. The Kier molecular flexibility index (Phi) is 2.77. The van der Waals surface area contributed by atoms with E-state index < -0.39 is 5.97 Å². The zero-order valence-corrected chi connectivity index (χ0v) is 11.0. The van der Waals surface area contributed by atoms with Gasteiger partial charge in [0.1, 0.15) is 5.75 Å². The number of hydrogen-bond acceptors (Lipinski definition) is 2. The number of aromatic carboxylic acids is 1. The fourth-order valence-electron chi connectivity index (χ4n) is 2.45. The van der Waals surface area contributed by atoms with Gasteiger partial charge in [0, 0.05) is 0 Å². The van der Waals surface area contributed by atoms with Crippen molar-refractivity contribution in [3.63, 3.8) is 0 Å². The first-order valence-corrected chi connectivity index (χ1v) is 5.81. The Morgan fingerprint density at radius 1 is 1.00 bits per heavy atom. The maximum Gasteiger partial charge on any atom is 0.335 e. The number of benzene rings is 2. The van der Waals surface area contributed by atoms with E-state index >= 15 is 0 Å². The summed E-state index contributed by atoms with van der Waals surface area (Å²) < 4.78 is 0. The van der Waals surface area contributed by atoms with Crippen LogP contribution in [0.5, 0.6) is 5.75 Å². The first-order valence-electron chi connectivity index (χ1n) is 5.81. The standard InChI is InChI=1S/C15H16O3/c1-7-5-13(16)10(4)14-9(3)8(2)12(15(17)18)6-11(7)14/h5-6,16H,1-4H3,(H,17,18). The highest BCUT2D eigenvalue weighted by Gasteiger charge is 2.16. The minimum absolute atomic E-state index is 0.255. The Morgan fingerprint density at radius 3 is 2.17 bits per heavy atom. The van der Waals surface area contributed by atoms with Crippen molar-refractivity contribution in [2.24, 2.45) is 0 Å². The maximum atomic E-state index is 11.2. The number of phenols is 1. The second kappa shape index (κ2) is 4.02. The predicted octanol–water partition coefficient (Wildman–Crippen LogP) is 3.48. The van der Waals surface area contributed by atoms with Crippen molar-refractivity contribution in [2.45, 2.75) is 27.7 Å². The zero-order chi connectivity index (χ0) is 13.6. The lowest BCUT2D eigenvalue weighted by Gasteiger charge is -2.15. The lowest BCUT2D eigenvalue weighted by molar-refractivity contribution is 0.0696. The van der Waals surface area contributed by atoms with Crippen LogP contribution in [-0.2, 0) is 0 Å². The molecule has 94 valence electrons. The third kappa shape index (κ3) is 1.63. The third-order valence-corrected chi connectivity index (χ3v) is 3.67. The molecule has 0 spiro atoms. The fourth-order valence-corrected chi connectivity index (χ4v) is 2.45. The van der Waals surface area contributed by atoms with E-state index in [9.17, 15) is 15.0 Å². The van der Waals surface area contributed by atoms with E-state index in [4.69, 9.17) is 0 Å². The van der Waals surface area contributed by atoms with Gasteiger partial charge in [-0.25, -0.2) is 4.79 Å². The number of phenolic OH excluding ortho intramolecular Hbond substituents is 1. The largest absolute Gasteiger partial charge is 0.508 e. The van der Waals surface area contributed by atoms with Gasteiger partial charge in [0.25, 0.3) is 0 Å². The molecule has 0 fully saturated rings. The van der Waals surface area contributed by atoms with Gasteiger partial charge in [-0.3, -0.25) is 0 Å². The highest BCUT2D eigenvalue weighted by molar-refractivity contribution is 6.01. The molecule has 0 aliphatic carbocycles. The summed E-state index contributed by atoms with van der Waals surface area (Å²) in [5.74, 6) is -0.659. The minimum Gasteiger partial charge on any atom is -0.508 e. The average Bonchev–Trinajstić information content (AvgIpc) is 2.29. The average molecular weight is 244 g/mol. The lowest BCUT2D eigenvalue weighted by Crippen LogP contribution is -2.03. The number of hydrogen-bond donors (Lipinski definition) is 2. The van der Waals surface area contributed by atoms with Gasteiger partial charge >= 0.3 is 5.97 Å². The van der Waals surface area contributed by atoms with Crippen molar-refractivity contribution in [3.05, 3.63) is 39.9 Å². The smallest absolute Gasteiger partial charge is 0.335 e. The summed E-state index contributed by atoms with van der Waals surface area (Å²) >= 11 is 0. The SMILES string of the molecule is Cc1c(C(=O)O)cc2c(C)cc(O)c(C)c2c1C. The van der Waals surface area contributed by atoms with Gasteiger partial charge in [0.05, 0.1) is 5.56 Å². The van der Waals surface area contributed by atoms with Crippen molar-refractivity contribution in [2.75, 3.05) is 0 Å². The number of carboxylic acids is 1. The minimum atomic E-state index is -0.914. The normalized spacial score (nSPS) is 10.9. The molecule has 2 aromatic rings. The van der Waals surface area contributed by atoms with Crippen LogP contribution in [0.15, 0.2) is 12.1 Å². The molecule has 3 heteroatoms. The van der Waals surface area contributed by atoms with Gasteiger partial charge in [-0.15, -0.1) is 0 Å². The fraction of sp³-hybridized carbons (Fsp3) is 0.267. The summed E-state index contributed by atoms with van der Waals surface area (Å²) in [6.07, 6.45) is 0. The molecule has 0 aliphatic heterocycles. The van der Waals surface area contributed by atoms with E-state index in [1.54, 1.807) is 19.1 Å². The van der Waals surface area contributed by atoms with Crippen LogP contribution >= 0.6 is 0 Å². The number of carboxylic acid groups (broad SMARTS) is 1. The second-order valence-corrected chi connectivity index (χ2v) is 4.74. The summed E-state index contributed by atoms with van der Waals surface area (Å²) in [4.78, 5) is 11.2. The maximum absolute atomic E-state index is 11.2. The third-order valence-electron chi connectivity index (χ3n) is 3.67. The molecular weight excluding hydrogens is 228 g/mol. The Bertz CT molecular complexity index is 669. The molecule has 3 nitrogen and oxygen atoms in total. The van der Waals surface area contributed by atoms with E-state index in [-0.39, 0.29) is 5.75 Å². The van der Waals surface area contributed by atoms with Crippen LogP contribution in [0.1, 0.15) is 32.6 Å². The van der Waals surface area contributed by atoms with E-state index in [0.717, 1.165) is 33.0 Å². The van der Waals surface area contributed by atoms with Crippen molar-refractivity contribution >= 4 is 16.7 Å². The summed E-state index contributed by atoms with van der Waals surface area (Å²) in [7, 11) is 0. The van der Waals surface area contributed by atoms with Crippen LogP contribution in [0.2, 0.25) is 0 Å². The molecule has 18 heavy (non-hydrogen) atoms. The van der Waals surface area contributed by atoms with E-state index in [1.807, 2.05) is 20.8 Å². The van der Waals surface area contributed by atoms with Gasteiger partial charge in [-0.1, -0.05) is 0 Å². The molecule has 2 aromatic carbocycles. The second-order valence-electron chi connectivity index (χ2n) is 4.74. The molecule has 0 saturated carbocycles.